The third kappa shape index (κ3) is 3.25. The lowest BCUT2D eigenvalue weighted by molar-refractivity contribution is -0.385. The predicted octanol–water partition coefficient (Wildman–Crippen LogP) is 2.62. The molecular formula is C15H15BrN4O4. The number of piperazine rings is 1. The van der Waals surface area contributed by atoms with Gasteiger partial charge >= 0.3 is 0 Å². The summed E-state index contributed by atoms with van der Waals surface area (Å²) in [5.74, 6) is 0.877. The van der Waals surface area contributed by atoms with Gasteiger partial charge in [0.25, 0.3) is 11.6 Å². The second kappa shape index (κ2) is 6.60. The van der Waals surface area contributed by atoms with Gasteiger partial charge in [0.1, 0.15) is 12.0 Å². The minimum absolute atomic E-state index is 0.0199. The normalized spacial score (nSPS) is 14.8. The van der Waals surface area contributed by atoms with Crippen LogP contribution in [0.5, 0.6) is 0 Å². The number of aromatic nitrogens is 1. The Morgan fingerprint density at radius 3 is 2.58 bits per heavy atom. The molecule has 0 spiro atoms. The number of carbonyl (C=O) groups excluding carboxylic acids is 1. The van der Waals surface area contributed by atoms with Crippen molar-refractivity contribution in [1.29, 1.82) is 0 Å². The number of nitro groups is 1. The molecule has 1 aliphatic heterocycles. The molecule has 0 unspecified atom stereocenters. The molecule has 2 aromatic rings. The quantitative estimate of drug-likeness (QED) is 0.586. The molecule has 9 heteroatoms. The summed E-state index contributed by atoms with van der Waals surface area (Å²) in [4.78, 5) is 30.6. The van der Waals surface area contributed by atoms with Crippen molar-refractivity contribution < 1.29 is 14.1 Å². The molecule has 1 amide bonds. The van der Waals surface area contributed by atoms with Crippen molar-refractivity contribution in [1.82, 2.24) is 9.88 Å². The van der Waals surface area contributed by atoms with Crippen LogP contribution in [-0.2, 0) is 0 Å². The molecule has 0 bridgehead atoms. The van der Waals surface area contributed by atoms with Crippen molar-refractivity contribution >= 4 is 33.3 Å². The van der Waals surface area contributed by atoms with Gasteiger partial charge in [-0.3, -0.25) is 14.9 Å². The molecule has 3 rings (SSSR count). The SMILES string of the molecule is Cc1cc([N+](=O)[O-])cnc1N1CCN(C(=O)c2ccc(Br)o2)CC1. The summed E-state index contributed by atoms with van der Waals surface area (Å²) in [5, 5.41) is 10.8. The van der Waals surface area contributed by atoms with Gasteiger partial charge in [0.15, 0.2) is 10.4 Å². The largest absolute Gasteiger partial charge is 0.444 e. The molecule has 0 aliphatic carbocycles. The van der Waals surface area contributed by atoms with Crippen LogP contribution in [0.2, 0.25) is 0 Å². The Kier molecular flexibility index (Phi) is 4.52. The van der Waals surface area contributed by atoms with Crippen LogP contribution < -0.4 is 4.90 Å². The fraction of sp³-hybridized carbons (Fsp3) is 0.333. The second-order valence-electron chi connectivity index (χ2n) is 5.47. The summed E-state index contributed by atoms with van der Waals surface area (Å²) in [7, 11) is 0. The van der Waals surface area contributed by atoms with E-state index in [1.54, 1.807) is 24.0 Å². The van der Waals surface area contributed by atoms with Crippen LogP contribution in [0.3, 0.4) is 0 Å². The lowest BCUT2D eigenvalue weighted by Gasteiger charge is -2.35. The average molecular weight is 395 g/mol. The first-order chi connectivity index (χ1) is 11.5. The third-order valence-corrected chi connectivity index (χ3v) is 4.32. The standard InChI is InChI=1S/C15H15BrN4O4/c1-10-8-11(20(22)23)9-17-14(10)18-4-6-19(7-5-18)15(21)12-2-3-13(16)24-12/h2-3,8-9H,4-7H2,1H3. The Bertz CT molecular complexity index is 784. The number of hydrogen-bond donors (Lipinski definition) is 0. The lowest BCUT2D eigenvalue weighted by atomic mass is 10.2. The van der Waals surface area contributed by atoms with Gasteiger partial charge < -0.3 is 14.2 Å². The third-order valence-electron chi connectivity index (χ3n) is 3.90. The highest BCUT2D eigenvalue weighted by molar-refractivity contribution is 9.10. The van der Waals surface area contributed by atoms with Gasteiger partial charge in [-0.15, -0.1) is 0 Å². The van der Waals surface area contributed by atoms with E-state index in [9.17, 15) is 14.9 Å². The number of furan rings is 1. The van der Waals surface area contributed by atoms with E-state index >= 15 is 0 Å². The Morgan fingerprint density at radius 2 is 2.04 bits per heavy atom. The Balaban J connectivity index is 1.67. The molecule has 2 aromatic heterocycles. The van der Waals surface area contributed by atoms with E-state index in [4.69, 9.17) is 4.42 Å². The highest BCUT2D eigenvalue weighted by atomic mass is 79.9. The van der Waals surface area contributed by atoms with Gasteiger partial charge in [-0.25, -0.2) is 4.98 Å². The van der Waals surface area contributed by atoms with Gasteiger partial charge in [0.2, 0.25) is 0 Å². The van der Waals surface area contributed by atoms with E-state index < -0.39 is 4.92 Å². The number of anilines is 1. The van der Waals surface area contributed by atoms with E-state index in [1.807, 2.05) is 4.90 Å². The van der Waals surface area contributed by atoms with Crippen LogP contribution in [0.1, 0.15) is 16.1 Å². The highest BCUT2D eigenvalue weighted by Gasteiger charge is 2.25. The molecule has 126 valence electrons. The summed E-state index contributed by atoms with van der Waals surface area (Å²) in [6, 6.07) is 4.84. The van der Waals surface area contributed by atoms with Crippen LogP contribution in [0.25, 0.3) is 0 Å². The molecule has 1 saturated heterocycles. The predicted molar refractivity (Wildman–Crippen MR) is 90.2 cm³/mol. The first kappa shape index (κ1) is 16.4. The zero-order valence-electron chi connectivity index (χ0n) is 12.9. The second-order valence-corrected chi connectivity index (χ2v) is 6.26. The molecule has 0 atom stereocenters. The molecule has 1 fully saturated rings. The summed E-state index contributed by atoms with van der Waals surface area (Å²) < 4.78 is 5.82. The smallest absolute Gasteiger partial charge is 0.289 e. The molecule has 8 nitrogen and oxygen atoms in total. The van der Waals surface area contributed by atoms with E-state index in [0.29, 0.717) is 42.4 Å². The minimum Gasteiger partial charge on any atom is -0.444 e. The Hall–Kier alpha value is -2.42. The fourth-order valence-corrected chi connectivity index (χ4v) is 3.00. The maximum Gasteiger partial charge on any atom is 0.289 e. The first-order valence-corrected chi connectivity index (χ1v) is 8.15. The summed E-state index contributed by atoms with van der Waals surface area (Å²) in [6.45, 7) is 4.09. The average Bonchev–Trinajstić information content (AvgIpc) is 3.00. The summed E-state index contributed by atoms with van der Waals surface area (Å²) >= 11 is 3.19. The van der Waals surface area contributed by atoms with Gasteiger partial charge in [-0.2, -0.15) is 0 Å². The van der Waals surface area contributed by atoms with Gasteiger partial charge in [-0.05, 0) is 40.5 Å². The van der Waals surface area contributed by atoms with Crippen molar-refractivity contribution in [3.63, 3.8) is 0 Å². The molecular weight excluding hydrogens is 380 g/mol. The Labute approximate surface area is 146 Å². The van der Waals surface area contributed by atoms with Crippen molar-refractivity contribution in [3.05, 3.63) is 50.5 Å². The summed E-state index contributed by atoms with van der Waals surface area (Å²) in [5.41, 5.74) is 0.729. The van der Waals surface area contributed by atoms with Gasteiger partial charge in [0.05, 0.1) is 4.92 Å². The molecule has 0 radical (unpaired) electrons. The number of amides is 1. The number of nitrogens with zero attached hydrogens (tertiary/aromatic N) is 4. The van der Waals surface area contributed by atoms with E-state index in [2.05, 4.69) is 20.9 Å². The number of hydrogen-bond acceptors (Lipinski definition) is 6. The molecule has 24 heavy (non-hydrogen) atoms. The topological polar surface area (TPSA) is 92.7 Å². The van der Waals surface area contributed by atoms with Gasteiger partial charge in [-0.1, -0.05) is 0 Å². The Morgan fingerprint density at radius 1 is 1.33 bits per heavy atom. The van der Waals surface area contributed by atoms with Crippen LogP contribution >= 0.6 is 15.9 Å². The van der Waals surface area contributed by atoms with Crippen molar-refractivity contribution in [2.45, 2.75) is 6.92 Å². The molecule has 1 aliphatic rings. The van der Waals surface area contributed by atoms with Crippen LogP contribution in [0, 0.1) is 17.0 Å². The van der Waals surface area contributed by atoms with Crippen LogP contribution in [-0.4, -0.2) is 46.9 Å². The molecule has 0 aromatic carbocycles. The van der Waals surface area contributed by atoms with E-state index in [0.717, 1.165) is 5.56 Å². The monoisotopic (exact) mass is 394 g/mol. The van der Waals surface area contributed by atoms with Gasteiger partial charge in [0, 0.05) is 32.2 Å². The maximum atomic E-state index is 12.3. The van der Waals surface area contributed by atoms with E-state index in [-0.39, 0.29) is 11.6 Å². The van der Waals surface area contributed by atoms with Crippen molar-refractivity contribution in [2.24, 2.45) is 0 Å². The fourth-order valence-electron chi connectivity index (χ4n) is 2.69. The zero-order chi connectivity index (χ0) is 17.3. The number of rotatable bonds is 3. The maximum absolute atomic E-state index is 12.3. The molecule has 3 heterocycles. The zero-order valence-corrected chi connectivity index (χ0v) is 14.5. The molecule has 0 N–H and O–H groups in total. The number of halogens is 1. The first-order valence-electron chi connectivity index (χ1n) is 7.36. The van der Waals surface area contributed by atoms with E-state index in [1.165, 1.54) is 12.3 Å². The van der Waals surface area contributed by atoms with Crippen molar-refractivity contribution in [3.8, 4) is 0 Å². The van der Waals surface area contributed by atoms with Crippen LogP contribution in [0.4, 0.5) is 11.5 Å². The number of pyridine rings is 1. The number of aryl methyl sites for hydroxylation is 1. The molecule has 0 saturated carbocycles. The van der Waals surface area contributed by atoms with Crippen LogP contribution in [0.15, 0.2) is 33.5 Å². The number of carbonyl (C=O) groups is 1. The minimum atomic E-state index is -0.456. The lowest BCUT2D eigenvalue weighted by Crippen LogP contribution is -2.49. The summed E-state index contributed by atoms with van der Waals surface area (Å²) in [6.07, 6.45) is 1.26. The highest BCUT2D eigenvalue weighted by Crippen LogP contribution is 2.23. The van der Waals surface area contributed by atoms with Crippen molar-refractivity contribution in [2.75, 3.05) is 31.1 Å².